The molecule has 2 heterocycles. The van der Waals surface area contributed by atoms with Crippen molar-refractivity contribution in [1.82, 2.24) is 9.88 Å². The highest BCUT2D eigenvalue weighted by Crippen LogP contribution is 2.35. The fraction of sp³-hybridized carbons (Fsp3) is 0.722. The Bertz CT molecular complexity index is 425. The van der Waals surface area contributed by atoms with Crippen molar-refractivity contribution < 1.29 is 0 Å². The minimum Gasteiger partial charge on any atom is -0.296 e. The number of nitrogens with zero attached hydrogens (tertiary/aromatic N) is 2. The molecule has 2 aliphatic rings. The maximum Gasteiger partial charge on any atom is 0.0962 e. The summed E-state index contributed by atoms with van der Waals surface area (Å²) in [5, 5.41) is 2.03. The molecule has 3 heteroatoms. The molecule has 1 aromatic rings. The van der Waals surface area contributed by atoms with Crippen LogP contribution in [0.25, 0.3) is 0 Å². The zero-order valence-electron chi connectivity index (χ0n) is 13.3. The predicted molar refractivity (Wildman–Crippen MR) is 90.8 cm³/mol. The molecule has 116 valence electrons. The van der Waals surface area contributed by atoms with E-state index in [9.17, 15) is 0 Å². The molecule has 2 fully saturated rings. The maximum atomic E-state index is 4.75. The van der Waals surface area contributed by atoms with Crippen LogP contribution in [0.5, 0.6) is 0 Å². The summed E-state index contributed by atoms with van der Waals surface area (Å²) < 4.78 is 0. The molecule has 0 aromatic carbocycles. The molecular formula is C18H28N2S. The molecule has 0 bridgehead atoms. The van der Waals surface area contributed by atoms with Gasteiger partial charge in [0.25, 0.3) is 0 Å². The first kappa shape index (κ1) is 15.4. The van der Waals surface area contributed by atoms with Crippen LogP contribution in [0.15, 0.2) is 23.4 Å². The van der Waals surface area contributed by atoms with Crippen LogP contribution in [0.4, 0.5) is 0 Å². The quantitative estimate of drug-likeness (QED) is 0.757. The Hall–Kier alpha value is -0.540. The van der Waals surface area contributed by atoms with E-state index >= 15 is 0 Å². The Kier molecular flexibility index (Phi) is 5.59. The zero-order valence-corrected chi connectivity index (χ0v) is 14.1. The lowest BCUT2D eigenvalue weighted by molar-refractivity contribution is 0.257. The van der Waals surface area contributed by atoms with Crippen LogP contribution in [-0.2, 0) is 0 Å². The van der Waals surface area contributed by atoms with Crippen molar-refractivity contribution >= 4 is 11.8 Å². The summed E-state index contributed by atoms with van der Waals surface area (Å²) in [5.74, 6) is 0. The lowest BCUT2D eigenvalue weighted by Crippen LogP contribution is -2.24. The summed E-state index contributed by atoms with van der Waals surface area (Å²) in [7, 11) is 0. The van der Waals surface area contributed by atoms with Gasteiger partial charge in [-0.25, -0.2) is 4.98 Å². The van der Waals surface area contributed by atoms with E-state index in [4.69, 9.17) is 4.98 Å². The monoisotopic (exact) mass is 304 g/mol. The Balaban J connectivity index is 1.60. The van der Waals surface area contributed by atoms with E-state index in [1.165, 1.54) is 75.0 Å². The molecule has 1 aliphatic heterocycles. The molecular weight excluding hydrogens is 276 g/mol. The topological polar surface area (TPSA) is 16.1 Å². The highest BCUT2D eigenvalue weighted by atomic mass is 32.2. The maximum absolute atomic E-state index is 4.75. The third-order valence-electron chi connectivity index (χ3n) is 4.86. The van der Waals surface area contributed by atoms with Crippen molar-refractivity contribution in [2.45, 2.75) is 74.6 Å². The Morgan fingerprint density at radius 2 is 2.00 bits per heavy atom. The smallest absolute Gasteiger partial charge is 0.0962 e. The summed E-state index contributed by atoms with van der Waals surface area (Å²) in [6.07, 6.45) is 13.0. The molecule has 1 aliphatic carbocycles. The van der Waals surface area contributed by atoms with Crippen molar-refractivity contribution in [2.75, 3.05) is 13.1 Å². The fourth-order valence-corrected chi connectivity index (χ4v) is 4.94. The standard InChI is InChI=1S/C18H28N2S/c1-2-12-20-13-6-9-17(20)15-10-11-18(19-14-15)21-16-7-4-3-5-8-16/h10-11,14,16-17H,2-9,12-13H2,1H3. The van der Waals surface area contributed by atoms with Crippen LogP contribution >= 0.6 is 11.8 Å². The van der Waals surface area contributed by atoms with Gasteiger partial charge < -0.3 is 0 Å². The molecule has 21 heavy (non-hydrogen) atoms. The molecule has 1 aromatic heterocycles. The Morgan fingerprint density at radius 1 is 1.14 bits per heavy atom. The molecule has 3 rings (SSSR count). The van der Waals surface area contributed by atoms with Crippen LogP contribution in [0, 0.1) is 0 Å². The number of likely N-dealkylation sites (tertiary alicyclic amines) is 1. The summed E-state index contributed by atoms with van der Waals surface area (Å²) in [4.78, 5) is 7.38. The van der Waals surface area contributed by atoms with E-state index in [-0.39, 0.29) is 0 Å². The number of thioether (sulfide) groups is 1. The van der Waals surface area contributed by atoms with E-state index < -0.39 is 0 Å². The molecule has 1 saturated heterocycles. The van der Waals surface area contributed by atoms with Gasteiger partial charge in [-0.1, -0.05) is 32.3 Å². The van der Waals surface area contributed by atoms with Gasteiger partial charge in [-0.2, -0.15) is 0 Å². The van der Waals surface area contributed by atoms with Crippen molar-refractivity contribution in [3.05, 3.63) is 23.9 Å². The molecule has 1 atom stereocenters. The first-order valence-corrected chi connectivity index (χ1v) is 9.61. The van der Waals surface area contributed by atoms with Crippen molar-refractivity contribution in [3.8, 4) is 0 Å². The van der Waals surface area contributed by atoms with Gasteiger partial charge in [0.2, 0.25) is 0 Å². The van der Waals surface area contributed by atoms with Crippen molar-refractivity contribution in [1.29, 1.82) is 0 Å². The van der Waals surface area contributed by atoms with E-state index in [0.717, 1.165) is 5.25 Å². The van der Waals surface area contributed by atoms with Crippen LogP contribution in [0.3, 0.4) is 0 Å². The highest BCUT2D eigenvalue weighted by molar-refractivity contribution is 7.99. The van der Waals surface area contributed by atoms with E-state index in [2.05, 4.69) is 30.2 Å². The molecule has 1 unspecified atom stereocenters. The number of aromatic nitrogens is 1. The average Bonchev–Trinajstić information content (AvgIpc) is 2.98. The third-order valence-corrected chi connectivity index (χ3v) is 6.15. The van der Waals surface area contributed by atoms with Crippen LogP contribution in [0.1, 0.15) is 69.9 Å². The zero-order chi connectivity index (χ0) is 14.5. The van der Waals surface area contributed by atoms with E-state index in [0.29, 0.717) is 6.04 Å². The summed E-state index contributed by atoms with van der Waals surface area (Å²) in [5.41, 5.74) is 1.42. The number of pyridine rings is 1. The largest absolute Gasteiger partial charge is 0.296 e. The van der Waals surface area contributed by atoms with Gasteiger partial charge in [0.15, 0.2) is 0 Å². The minimum atomic E-state index is 0.617. The summed E-state index contributed by atoms with van der Waals surface area (Å²) in [6.45, 7) is 4.76. The van der Waals surface area contributed by atoms with Crippen LogP contribution < -0.4 is 0 Å². The third kappa shape index (κ3) is 4.01. The second-order valence-electron chi connectivity index (χ2n) is 6.50. The molecule has 0 amide bonds. The Labute approximate surface area is 133 Å². The lowest BCUT2D eigenvalue weighted by atomic mass is 10.0. The van der Waals surface area contributed by atoms with Crippen molar-refractivity contribution in [3.63, 3.8) is 0 Å². The second kappa shape index (κ2) is 7.64. The van der Waals surface area contributed by atoms with Gasteiger partial charge in [0.1, 0.15) is 0 Å². The van der Waals surface area contributed by atoms with Gasteiger partial charge in [-0.3, -0.25) is 4.90 Å². The molecule has 0 spiro atoms. The normalized spacial score (nSPS) is 24.5. The predicted octanol–water partition coefficient (Wildman–Crippen LogP) is 5.05. The molecule has 1 saturated carbocycles. The van der Waals surface area contributed by atoms with Gasteiger partial charge in [0, 0.05) is 17.5 Å². The van der Waals surface area contributed by atoms with Gasteiger partial charge in [-0.15, -0.1) is 11.8 Å². The van der Waals surface area contributed by atoms with Gasteiger partial charge >= 0.3 is 0 Å². The number of rotatable bonds is 5. The minimum absolute atomic E-state index is 0.617. The molecule has 2 nitrogen and oxygen atoms in total. The molecule has 0 N–H and O–H groups in total. The highest BCUT2D eigenvalue weighted by Gasteiger charge is 2.25. The number of hydrogen-bond donors (Lipinski definition) is 0. The van der Waals surface area contributed by atoms with Crippen molar-refractivity contribution in [2.24, 2.45) is 0 Å². The summed E-state index contributed by atoms with van der Waals surface area (Å²) in [6, 6.07) is 5.21. The fourth-order valence-electron chi connectivity index (χ4n) is 3.77. The van der Waals surface area contributed by atoms with Crippen LogP contribution in [0.2, 0.25) is 0 Å². The Morgan fingerprint density at radius 3 is 2.71 bits per heavy atom. The SMILES string of the molecule is CCCN1CCCC1c1ccc(SC2CCCCC2)nc1. The molecule has 0 radical (unpaired) electrons. The lowest BCUT2D eigenvalue weighted by Gasteiger charge is -2.24. The van der Waals surface area contributed by atoms with E-state index in [1.807, 2.05) is 11.8 Å². The first-order valence-electron chi connectivity index (χ1n) is 8.73. The van der Waals surface area contributed by atoms with Gasteiger partial charge in [0.05, 0.1) is 5.03 Å². The van der Waals surface area contributed by atoms with E-state index in [1.54, 1.807) is 0 Å². The van der Waals surface area contributed by atoms with Gasteiger partial charge in [-0.05, 0) is 56.8 Å². The second-order valence-corrected chi connectivity index (χ2v) is 7.82. The average molecular weight is 305 g/mol. The number of hydrogen-bond acceptors (Lipinski definition) is 3. The first-order chi connectivity index (χ1) is 10.4. The summed E-state index contributed by atoms with van der Waals surface area (Å²) >= 11 is 2.00. The van der Waals surface area contributed by atoms with Crippen LogP contribution in [-0.4, -0.2) is 28.2 Å².